The standard InChI is InChI=1S/C55H95FN16O13/c1-6-7-8-9-10-11-43(75)63-35(16-22-57)50(80)72-45(32(5)74)55(85)68-38(19-25-60)47(77)67-40-21-27-62-54(84)44(31(4)73)71-51(81)39(20-26-61)65-46(76)36(17-23-58)66-53(83)42(29-33-12-14-34(56)15-13-33)70-52(82)41(28-30(2)3)69-48(78)37(18-24-59)64-49(40)79/h12-15,30-32,35-42,44-45,73-74H,6-11,16-29,57-61H2,1-5H3,(H,62,84)(H,63,75)(H,64,79)(H,65,76)(H,66,83)(H,67,77)(H,68,85)(H,69,78)(H,70,82)(H,71,81)(H,72,80)/t31-,32+,35+,36+,37-,38+,39+,40+,41-,42?,44+,45+/m1/s1. The van der Waals surface area contributed by atoms with Crippen LogP contribution in [0.25, 0.3) is 0 Å². The number of carbonyl (C=O) groups excluding carboxylic acids is 11. The van der Waals surface area contributed by atoms with Crippen molar-refractivity contribution in [2.75, 3.05) is 39.3 Å². The maximum Gasteiger partial charge on any atom is 0.245 e. The molecule has 480 valence electrons. The molecule has 1 aromatic rings. The number of aliphatic hydroxyl groups excluding tert-OH is 2. The van der Waals surface area contributed by atoms with Crippen molar-refractivity contribution in [1.29, 1.82) is 0 Å². The van der Waals surface area contributed by atoms with Gasteiger partial charge in [-0.2, -0.15) is 0 Å². The highest BCUT2D eigenvalue weighted by Gasteiger charge is 2.37. The van der Waals surface area contributed by atoms with Crippen LogP contribution in [0.3, 0.4) is 0 Å². The van der Waals surface area contributed by atoms with Gasteiger partial charge in [0.2, 0.25) is 65.0 Å². The average molecular weight is 1210 g/mol. The molecular weight excluding hydrogens is 1110 g/mol. The van der Waals surface area contributed by atoms with Crippen molar-refractivity contribution < 1.29 is 67.3 Å². The second-order valence-corrected chi connectivity index (χ2v) is 21.6. The highest BCUT2D eigenvalue weighted by atomic mass is 19.1. The molecule has 85 heavy (non-hydrogen) atoms. The summed E-state index contributed by atoms with van der Waals surface area (Å²) >= 11 is 0. The molecule has 1 aliphatic heterocycles. The molecule has 1 aliphatic rings. The van der Waals surface area contributed by atoms with E-state index in [0.29, 0.717) is 12.0 Å². The maximum atomic E-state index is 14.5. The van der Waals surface area contributed by atoms with Crippen molar-refractivity contribution in [3.8, 4) is 0 Å². The van der Waals surface area contributed by atoms with E-state index in [0.717, 1.165) is 37.8 Å². The Hall–Kier alpha value is -6.96. The van der Waals surface area contributed by atoms with Gasteiger partial charge in [0.05, 0.1) is 12.2 Å². The van der Waals surface area contributed by atoms with Crippen LogP contribution in [0.2, 0.25) is 0 Å². The fraction of sp³-hybridized carbons (Fsp3) is 0.691. The van der Waals surface area contributed by atoms with Gasteiger partial charge in [-0.05, 0) is 122 Å². The fourth-order valence-electron chi connectivity index (χ4n) is 9.03. The molecule has 23 N–H and O–H groups in total. The van der Waals surface area contributed by atoms with Gasteiger partial charge in [0.15, 0.2) is 0 Å². The Labute approximate surface area is 496 Å². The van der Waals surface area contributed by atoms with E-state index < -0.39 is 156 Å². The molecule has 11 amide bonds. The molecule has 29 nitrogen and oxygen atoms in total. The molecule has 12 atom stereocenters. The Morgan fingerprint density at radius 1 is 0.576 bits per heavy atom. The zero-order chi connectivity index (χ0) is 63.8. The third kappa shape index (κ3) is 26.9. The molecule has 0 radical (unpaired) electrons. The minimum atomic E-state index is -1.71. The number of benzene rings is 1. The Morgan fingerprint density at radius 2 is 1.06 bits per heavy atom. The van der Waals surface area contributed by atoms with E-state index in [9.17, 15) is 67.3 Å². The molecule has 1 fully saturated rings. The third-order valence-electron chi connectivity index (χ3n) is 13.8. The molecule has 2 rings (SSSR count). The summed E-state index contributed by atoms with van der Waals surface area (Å²) < 4.78 is 14.0. The average Bonchev–Trinajstić information content (AvgIpc) is 3.66. The van der Waals surface area contributed by atoms with E-state index in [-0.39, 0.29) is 90.0 Å². The minimum absolute atomic E-state index is 0.0224. The summed E-state index contributed by atoms with van der Waals surface area (Å²) in [4.78, 5) is 154. The van der Waals surface area contributed by atoms with Gasteiger partial charge in [-0.3, -0.25) is 52.7 Å². The third-order valence-corrected chi connectivity index (χ3v) is 13.8. The summed E-state index contributed by atoms with van der Waals surface area (Å²) in [6.07, 6.45) is -0.412. The lowest BCUT2D eigenvalue weighted by Gasteiger charge is -2.29. The van der Waals surface area contributed by atoms with Crippen molar-refractivity contribution in [2.45, 2.75) is 197 Å². The van der Waals surface area contributed by atoms with Crippen LogP contribution in [0.4, 0.5) is 4.39 Å². The lowest BCUT2D eigenvalue weighted by Crippen LogP contribution is -2.62. The van der Waals surface area contributed by atoms with Crippen LogP contribution in [0.5, 0.6) is 0 Å². The van der Waals surface area contributed by atoms with Crippen LogP contribution in [-0.2, 0) is 59.2 Å². The fourth-order valence-corrected chi connectivity index (χ4v) is 9.03. The summed E-state index contributed by atoms with van der Waals surface area (Å²) in [6.45, 7) is 6.62. The van der Waals surface area contributed by atoms with Gasteiger partial charge in [-0.15, -0.1) is 0 Å². The number of hydrogen-bond acceptors (Lipinski definition) is 18. The van der Waals surface area contributed by atoms with Gasteiger partial charge in [0, 0.05) is 19.4 Å². The number of nitrogens with one attached hydrogen (secondary N) is 11. The summed E-state index contributed by atoms with van der Waals surface area (Å²) in [7, 11) is 0. The van der Waals surface area contributed by atoms with Crippen molar-refractivity contribution in [2.24, 2.45) is 34.6 Å². The summed E-state index contributed by atoms with van der Waals surface area (Å²) in [5.41, 5.74) is 29.6. The molecule has 0 aliphatic carbocycles. The second-order valence-electron chi connectivity index (χ2n) is 21.6. The molecule has 1 heterocycles. The number of amides is 11. The number of unbranched alkanes of at least 4 members (excludes halogenated alkanes) is 4. The molecule has 0 bridgehead atoms. The van der Waals surface area contributed by atoms with E-state index in [1.807, 2.05) is 0 Å². The van der Waals surface area contributed by atoms with Crippen LogP contribution in [0, 0.1) is 11.7 Å². The van der Waals surface area contributed by atoms with E-state index in [1.165, 1.54) is 26.0 Å². The Bertz CT molecular complexity index is 2330. The van der Waals surface area contributed by atoms with Gasteiger partial charge in [-0.25, -0.2) is 4.39 Å². The monoisotopic (exact) mass is 1210 g/mol. The zero-order valence-corrected chi connectivity index (χ0v) is 49.6. The lowest BCUT2D eigenvalue weighted by atomic mass is 10.00. The highest BCUT2D eigenvalue weighted by Crippen LogP contribution is 2.13. The number of halogens is 1. The van der Waals surface area contributed by atoms with Crippen LogP contribution in [0.15, 0.2) is 24.3 Å². The van der Waals surface area contributed by atoms with Crippen molar-refractivity contribution in [3.63, 3.8) is 0 Å². The van der Waals surface area contributed by atoms with Gasteiger partial charge < -0.3 is 97.4 Å². The van der Waals surface area contributed by atoms with Gasteiger partial charge in [0.25, 0.3) is 0 Å². The molecule has 0 spiro atoms. The SMILES string of the molecule is CCCCCCCC(=O)N[C@@H](CCN)C(=O)N[C@H](C(=O)N[C@@H](CCN)C(=O)N[C@H]1CCNC(=O)[C@H]([C@@H](C)O)NC(=O)[C@H](CCN)NC(=O)[C@H](CCN)NC(=O)C(Cc2ccc(F)cc2)NC(=O)[C@@H](CC(C)C)NC(=O)[C@@H](CCN)NC1=O)[C@H](C)O. The highest BCUT2D eigenvalue weighted by molar-refractivity contribution is 5.99. The van der Waals surface area contributed by atoms with Gasteiger partial charge in [0.1, 0.15) is 66.2 Å². The summed E-state index contributed by atoms with van der Waals surface area (Å²) in [5, 5.41) is 49.3. The predicted octanol–water partition coefficient (Wildman–Crippen LogP) is -5.35. The minimum Gasteiger partial charge on any atom is -0.391 e. The molecule has 1 saturated heterocycles. The van der Waals surface area contributed by atoms with E-state index >= 15 is 0 Å². The van der Waals surface area contributed by atoms with Gasteiger partial charge >= 0.3 is 0 Å². The first-order valence-corrected chi connectivity index (χ1v) is 29.3. The largest absolute Gasteiger partial charge is 0.391 e. The molecule has 0 aromatic heterocycles. The van der Waals surface area contributed by atoms with Crippen LogP contribution in [0.1, 0.15) is 124 Å². The van der Waals surface area contributed by atoms with Crippen LogP contribution >= 0.6 is 0 Å². The number of rotatable bonds is 29. The first-order valence-electron chi connectivity index (χ1n) is 29.3. The van der Waals surface area contributed by atoms with E-state index in [1.54, 1.807) is 13.8 Å². The molecular formula is C55H95FN16O13. The molecule has 0 saturated carbocycles. The van der Waals surface area contributed by atoms with Gasteiger partial charge in [-0.1, -0.05) is 58.6 Å². The maximum absolute atomic E-state index is 14.5. The number of hydrogen-bond donors (Lipinski definition) is 18. The predicted molar refractivity (Wildman–Crippen MR) is 312 cm³/mol. The van der Waals surface area contributed by atoms with Crippen molar-refractivity contribution >= 4 is 65.0 Å². The quantitative estimate of drug-likeness (QED) is 0.0333. The van der Waals surface area contributed by atoms with Crippen LogP contribution in [-0.4, -0.2) is 187 Å². The number of carbonyl (C=O) groups is 11. The van der Waals surface area contributed by atoms with E-state index in [4.69, 9.17) is 28.7 Å². The topological polar surface area (TPSA) is 491 Å². The normalized spacial score (nSPS) is 22.5. The lowest BCUT2D eigenvalue weighted by molar-refractivity contribution is -0.137. The Balaban J connectivity index is 2.68. The summed E-state index contributed by atoms with van der Waals surface area (Å²) in [5.74, 6) is -11.0. The van der Waals surface area contributed by atoms with E-state index in [2.05, 4.69) is 65.4 Å². The first kappa shape index (κ1) is 74.1. The van der Waals surface area contributed by atoms with Crippen molar-refractivity contribution in [3.05, 3.63) is 35.6 Å². The number of aliphatic hydroxyl groups is 2. The number of nitrogens with two attached hydrogens (primary N) is 5. The van der Waals surface area contributed by atoms with Crippen LogP contribution < -0.4 is 87.2 Å². The zero-order valence-electron chi connectivity index (χ0n) is 49.6. The summed E-state index contributed by atoms with van der Waals surface area (Å²) in [6, 6.07) is -10.2. The van der Waals surface area contributed by atoms with Crippen molar-refractivity contribution in [1.82, 2.24) is 58.5 Å². The Morgan fingerprint density at radius 3 is 1.56 bits per heavy atom. The molecule has 1 aromatic carbocycles. The Kier molecular flexibility index (Phi) is 34.6. The molecule has 1 unspecified atom stereocenters. The first-order chi connectivity index (χ1) is 40.3. The smallest absolute Gasteiger partial charge is 0.245 e. The molecule has 30 heteroatoms. The second kappa shape index (κ2) is 39.6.